The minimum Gasteiger partial charge on any atom is -0.756 e. The highest BCUT2D eigenvalue weighted by molar-refractivity contribution is 7.45. The summed E-state index contributed by atoms with van der Waals surface area (Å²) in [5.41, 5.74) is 0. The van der Waals surface area contributed by atoms with E-state index in [9.17, 15) is 19.0 Å². The first-order valence-corrected chi connectivity index (χ1v) is 27.8. The van der Waals surface area contributed by atoms with E-state index >= 15 is 0 Å². The molecule has 0 aromatic carbocycles. The van der Waals surface area contributed by atoms with Gasteiger partial charge in [0, 0.05) is 6.42 Å². The molecule has 0 rings (SSSR count). The van der Waals surface area contributed by atoms with Gasteiger partial charge in [-0.1, -0.05) is 208 Å². The van der Waals surface area contributed by atoms with E-state index in [-0.39, 0.29) is 26.1 Å². The van der Waals surface area contributed by atoms with Crippen LogP contribution in [-0.4, -0.2) is 70.0 Å². The zero-order valence-corrected chi connectivity index (χ0v) is 43.8. The van der Waals surface area contributed by atoms with Gasteiger partial charge < -0.3 is 27.9 Å². The van der Waals surface area contributed by atoms with Crippen LogP contribution < -0.4 is 4.89 Å². The van der Waals surface area contributed by atoms with Gasteiger partial charge in [0.15, 0.2) is 6.10 Å². The van der Waals surface area contributed by atoms with Crippen LogP contribution in [0.5, 0.6) is 0 Å². The van der Waals surface area contributed by atoms with Crippen LogP contribution in [0.1, 0.15) is 206 Å². The lowest BCUT2D eigenvalue weighted by atomic mass is 10.0. The fourth-order valence-electron chi connectivity index (χ4n) is 6.88. The van der Waals surface area contributed by atoms with Gasteiger partial charge in [0.2, 0.25) is 0 Å². The Balaban J connectivity index is 4.22. The number of hydrogen-bond acceptors (Lipinski definition) is 8. The minimum absolute atomic E-state index is 0.0101. The molecule has 380 valence electrons. The summed E-state index contributed by atoms with van der Waals surface area (Å²) in [6.45, 7) is 3.99. The van der Waals surface area contributed by atoms with Crippen molar-refractivity contribution < 1.29 is 42.1 Å². The number of likely N-dealkylation sites (N-methyl/N-ethyl adjacent to an activating group) is 1. The molecule has 0 aromatic rings. The zero-order chi connectivity index (χ0) is 48.5. The van der Waals surface area contributed by atoms with Gasteiger partial charge in [0.25, 0.3) is 7.82 Å². The molecule has 0 aliphatic carbocycles. The number of carbonyl (C=O) groups excluding carboxylic acids is 2. The molecule has 0 bridgehead atoms. The van der Waals surface area contributed by atoms with Crippen molar-refractivity contribution in [1.29, 1.82) is 0 Å². The Morgan fingerprint density at radius 3 is 1.36 bits per heavy atom. The second-order valence-corrected chi connectivity index (χ2v) is 19.9. The first-order valence-electron chi connectivity index (χ1n) is 26.3. The summed E-state index contributed by atoms with van der Waals surface area (Å²) in [4.78, 5) is 37.6. The van der Waals surface area contributed by atoms with Gasteiger partial charge in [0.1, 0.15) is 19.8 Å². The third kappa shape index (κ3) is 50.6. The number of quaternary nitrogens is 1. The Labute approximate surface area is 405 Å². The predicted octanol–water partition coefficient (Wildman–Crippen LogP) is 15.3. The van der Waals surface area contributed by atoms with E-state index in [2.05, 4.69) is 80.7 Å². The molecule has 0 amide bonds. The third-order valence-corrected chi connectivity index (χ3v) is 11.9. The fourth-order valence-corrected chi connectivity index (χ4v) is 7.61. The van der Waals surface area contributed by atoms with Crippen LogP contribution in [0, 0.1) is 0 Å². The van der Waals surface area contributed by atoms with Crippen molar-refractivity contribution in [3.8, 4) is 0 Å². The fraction of sp³-hybridized carbons (Fsp3) is 0.714. The molecule has 0 aromatic heterocycles. The minimum atomic E-state index is -4.66. The molecule has 0 aliphatic heterocycles. The van der Waals surface area contributed by atoms with Gasteiger partial charge in [-0.2, -0.15) is 0 Å². The first-order chi connectivity index (χ1) is 32.0. The summed E-state index contributed by atoms with van der Waals surface area (Å²) in [6, 6.07) is 0. The summed E-state index contributed by atoms with van der Waals surface area (Å²) >= 11 is 0. The Kier molecular flexibility index (Phi) is 45.3. The summed E-state index contributed by atoms with van der Waals surface area (Å²) in [6.07, 6.45) is 62.4. The van der Waals surface area contributed by atoms with Crippen LogP contribution >= 0.6 is 7.82 Å². The van der Waals surface area contributed by atoms with Crippen molar-refractivity contribution >= 4 is 19.8 Å². The maximum atomic E-state index is 12.7. The van der Waals surface area contributed by atoms with E-state index < -0.39 is 32.5 Å². The summed E-state index contributed by atoms with van der Waals surface area (Å²) in [5, 5.41) is 0. The van der Waals surface area contributed by atoms with E-state index in [0.29, 0.717) is 23.9 Å². The number of nitrogens with zero attached hydrogens (tertiary/aromatic N) is 1. The average molecular weight is 944 g/mol. The Morgan fingerprint density at radius 2 is 0.909 bits per heavy atom. The van der Waals surface area contributed by atoms with Crippen LogP contribution in [0.2, 0.25) is 0 Å². The van der Waals surface area contributed by atoms with E-state index in [1.165, 1.54) is 122 Å². The molecule has 9 nitrogen and oxygen atoms in total. The second kappa shape index (κ2) is 47.3. The van der Waals surface area contributed by atoms with Gasteiger partial charge in [0.05, 0.1) is 34.2 Å². The highest BCUT2D eigenvalue weighted by atomic mass is 31.2. The molecule has 0 heterocycles. The lowest BCUT2D eigenvalue weighted by molar-refractivity contribution is -0.870. The van der Waals surface area contributed by atoms with Crippen LogP contribution in [0.25, 0.3) is 0 Å². The molecule has 0 radical (unpaired) electrons. The Hall–Kier alpha value is -2.81. The van der Waals surface area contributed by atoms with E-state index in [4.69, 9.17) is 18.5 Å². The molecule has 2 atom stereocenters. The SMILES string of the molecule is CC/C=C\C/C=C\C/C=C\C/C=C\C/C=C\CC(=O)OC(COC(=O)CCCCCCCCCCCCCCCCC/C=C\C/C=C\CCCCCCC)COP(=O)([O-])OCC[N+](C)(C)C. The second-order valence-electron chi connectivity index (χ2n) is 18.5. The Morgan fingerprint density at radius 1 is 0.500 bits per heavy atom. The number of ether oxygens (including phenoxy) is 2. The van der Waals surface area contributed by atoms with Crippen LogP contribution in [0.15, 0.2) is 85.1 Å². The number of esters is 2. The average Bonchev–Trinajstić information content (AvgIpc) is 3.27. The molecular weight excluding hydrogens is 846 g/mol. The van der Waals surface area contributed by atoms with Crippen molar-refractivity contribution in [2.75, 3.05) is 47.5 Å². The molecule has 10 heteroatoms. The maximum absolute atomic E-state index is 12.7. The number of phosphoric ester groups is 1. The third-order valence-electron chi connectivity index (χ3n) is 10.9. The quantitative estimate of drug-likeness (QED) is 0.0195. The van der Waals surface area contributed by atoms with Crippen molar-refractivity contribution in [2.24, 2.45) is 0 Å². The van der Waals surface area contributed by atoms with Gasteiger partial charge in [-0.25, -0.2) is 0 Å². The predicted molar refractivity (Wildman–Crippen MR) is 277 cm³/mol. The molecule has 0 saturated heterocycles. The number of carbonyl (C=O) groups is 2. The zero-order valence-electron chi connectivity index (χ0n) is 42.9. The maximum Gasteiger partial charge on any atom is 0.310 e. The standard InChI is InChI=1S/C56H98NO8P/c1-6-8-10-12-14-16-18-20-22-23-24-25-26-27-28-29-30-31-32-33-35-36-38-40-42-44-46-48-55(58)62-52-54(53-64-66(60,61)63-51-50-57(3,4)5)65-56(59)49-47-45-43-41-39-37-34-21-19-17-15-13-11-9-7-2/h9,11,15,17-18,20-21,23-24,34,39,41,45,47,54H,6-8,10,12-14,16,19,22,25-33,35-38,40,42-44,46,48-53H2,1-5H3/b11-9-,17-15-,20-18-,24-23-,34-21-,41-39-,47-45-. The molecule has 66 heavy (non-hydrogen) atoms. The van der Waals surface area contributed by atoms with E-state index in [1.807, 2.05) is 33.3 Å². The van der Waals surface area contributed by atoms with Crippen LogP contribution in [-0.2, 0) is 32.7 Å². The topological polar surface area (TPSA) is 111 Å². The van der Waals surface area contributed by atoms with Crippen LogP contribution in [0.3, 0.4) is 0 Å². The molecule has 0 N–H and O–H groups in total. The van der Waals surface area contributed by atoms with Gasteiger partial charge in [-0.15, -0.1) is 0 Å². The molecule has 0 saturated carbocycles. The highest BCUT2D eigenvalue weighted by Gasteiger charge is 2.21. The monoisotopic (exact) mass is 944 g/mol. The Bertz CT molecular complexity index is 1390. The number of unbranched alkanes of at least 4 members (excludes halogenated alkanes) is 20. The van der Waals surface area contributed by atoms with Gasteiger partial charge >= 0.3 is 11.9 Å². The van der Waals surface area contributed by atoms with Crippen molar-refractivity contribution in [3.63, 3.8) is 0 Å². The normalized spacial score (nSPS) is 14.1. The molecule has 0 aliphatic rings. The molecule has 2 unspecified atom stereocenters. The van der Waals surface area contributed by atoms with Crippen LogP contribution in [0.4, 0.5) is 0 Å². The molecule has 0 spiro atoms. The van der Waals surface area contributed by atoms with Crippen molar-refractivity contribution in [2.45, 2.75) is 213 Å². The highest BCUT2D eigenvalue weighted by Crippen LogP contribution is 2.38. The van der Waals surface area contributed by atoms with E-state index in [0.717, 1.165) is 44.9 Å². The summed E-state index contributed by atoms with van der Waals surface area (Å²) in [7, 11) is 1.10. The van der Waals surface area contributed by atoms with E-state index in [1.54, 1.807) is 6.08 Å². The number of hydrogen-bond donors (Lipinski definition) is 0. The smallest absolute Gasteiger partial charge is 0.310 e. The summed E-state index contributed by atoms with van der Waals surface area (Å²) < 4.78 is 33.9. The van der Waals surface area contributed by atoms with Gasteiger partial charge in [-0.3, -0.25) is 14.2 Å². The number of phosphoric acid groups is 1. The van der Waals surface area contributed by atoms with Gasteiger partial charge in [-0.05, 0) is 70.6 Å². The van der Waals surface area contributed by atoms with Crippen molar-refractivity contribution in [1.82, 2.24) is 0 Å². The summed E-state index contributed by atoms with van der Waals surface area (Å²) in [5.74, 6) is -0.983. The lowest BCUT2D eigenvalue weighted by Gasteiger charge is -2.28. The lowest BCUT2D eigenvalue weighted by Crippen LogP contribution is -2.37. The number of rotatable bonds is 47. The van der Waals surface area contributed by atoms with Crippen molar-refractivity contribution in [3.05, 3.63) is 85.1 Å². The largest absolute Gasteiger partial charge is 0.756 e. The molecule has 0 fully saturated rings. The molecular formula is C56H98NO8P. The first kappa shape index (κ1) is 63.2. The number of allylic oxidation sites excluding steroid dienone is 13.